The Hall–Kier alpha value is -4.01. The molecule has 2 N–H and O–H groups in total. The molecule has 2 bridgehead atoms. The lowest BCUT2D eigenvalue weighted by Gasteiger charge is -2.38. The molecule has 1 saturated heterocycles. The van der Waals surface area contributed by atoms with Crippen LogP contribution in [0.25, 0.3) is 0 Å². The Labute approximate surface area is 202 Å². The summed E-state index contributed by atoms with van der Waals surface area (Å²) in [4.78, 5) is 51.8. The molecular formula is C26H26N4O5. The lowest BCUT2D eigenvalue weighted by molar-refractivity contribution is -0.384. The summed E-state index contributed by atoms with van der Waals surface area (Å²) in [5, 5.41) is 16.5. The third-order valence-electron chi connectivity index (χ3n) is 7.34. The van der Waals surface area contributed by atoms with Crippen LogP contribution in [0.4, 0.5) is 16.2 Å². The molecule has 0 spiro atoms. The zero-order valence-electron chi connectivity index (χ0n) is 19.2. The molecule has 4 aliphatic rings. The fourth-order valence-electron chi connectivity index (χ4n) is 5.66. The molecule has 1 heterocycles. The molecule has 2 aromatic carbocycles. The van der Waals surface area contributed by atoms with Crippen LogP contribution in [0.1, 0.15) is 24.0 Å². The number of nitrogens with one attached hydrogen (secondary N) is 2. The van der Waals surface area contributed by atoms with Gasteiger partial charge in [0.05, 0.1) is 16.8 Å². The number of carbonyl (C=O) groups excluding carboxylic acids is 3. The van der Waals surface area contributed by atoms with Gasteiger partial charge < -0.3 is 10.6 Å². The van der Waals surface area contributed by atoms with E-state index < -0.39 is 17.1 Å². The first-order chi connectivity index (χ1) is 16.8. The van der Waals surface area contributed by atoms with Gasteiger partial charge in [0.2, 0.25) is 11.8 Å². The number of hydrogen-bond acceptors (Lipinski definition) is 5. The van der Waals surface area contributed by atoms with Gasteiger partial charge in [0, 0.05) is 24.2 Å². The SMILES string of the molecule is Cc1cc([N+](=O)[O-])ccc1NC(=O)NC(Cc1ccccc1)N1C(=O)C2C3C=CC(CC3)C2C1=O. The van der Waals surface area contributed by atoms with E-state index in [9.17, 15) is 24.5 Å². The number of imide groups is 1. The highest BCUT2D eigenvalue weighted by Crippen LogP contribution is 2.50. The molecule has 180 valence electrons. The zero-order chi connectivity index (χ0) is 24.7. The average Bonchev–Trinajstić information content (AvgIpc) is 3.13. The van der Waals surface area contributed by atoms with Crippen molar-refractivity contribution in [2.45, 2.75) is 32.4 Å². The summed E-state index contributed by atoms with van der Waals surface area (Å²) in [5.41, 5.74) is 1.73. The summed E-state index contributed by atoms with van der Waals surface area (Å²) in [6.45, 7) is 1.66. The number of benzene rings is 2. The maximum atomic E-state index is 13.5. The van der Waals surface area contributed by atoms with Crippen molar-refractivity contribution in [2.75, 3.05) is 5.32 Å². The number of aryl methyl sites for hydroxylation is 1. The van der Waals surface area contributed by atoms with Gasteiger partial charge in [-0.25, -0.2) is 4.79 Å². The van der Waals surface area contributed by atoms with Gasteiger partial charge in [-0.2, -0.15) is 0 Å². The van der Waals surface area contributed by atoms with E-state index in [1.165, 1.54) is 23.1 Å². The molecule has 2 fully saturated rings. The Kier molecular flexibility index (Phi) is 5.84. The lowest BCUT2D eigenvalue weighted by Crippen LogP contribution is -2.53. The number of nitrogens with zero attached hydrogens (tertiary/aromatic N) is 2. The fraction of sp³-hybridized carbons (Fsp3) is 0.346. The monoisotopic (exact) mass is 474 g/mol. The third-order valence-corrected chi connectivity index (χ3v) is 7.34. The van der Waals surface area contributed by atoms with Crippen LogP contribution in [0.15, 0.2) is 60.7 Å². The number of nitro benzene ring substituents is 1. The fourth-order valence-corrected chi connectivity index (χ4v) is 5.66. The molecule has 4 amide bonds. The summed E-state index contributed by atoms with van der Waals surface area (Å²) >= 11 is 0. The van der Waals surface area contributed by atoms with Crippen LogP contribution in [0, 0.1) is 40.7 Å². The number of likely N-dealkylation sites (tertiary alicyclic amines) is 1. The van der Waals surface area contributed by atoms with E-state index in [1.807, 2.05) is 30.3 Å². The van der Waals surface area contributed by atoms with Gasteiger partial charge >= 0.3 is 6.03 Å². The van der Waals surface area contributed by atoms with Gasteiger partial charge in [-0.05, 0) is 48.8 Å². The molecular weight excluding hydrogens is 448 g/mol. The summed E-state index contributed by atoms with van der Waals surface area (Å²) in [6.07, 6.45) is 5.33. The molecule has 0 radical (unpaired) electrons. The van der Waals surface area contributed by atoms with E-state index in [0.717, 1.165) is 18.4 Å². The maximum absolute atomic E-state index is 13.5. The van der Waals surface area contributed by atoms with Crippen LogP contribution >= 0.6 is 0 Å². The molecule has 35 heavy (non-hydrogen) atoms. The van der Waals surface area contributed by atoms with Crippen molar-refractivity contribution < 1.29 is 19.3 Å². The molecule has 6 rings (SSSR count). The van der Waals surface area contributed by atoms with Crippen LogP contribution < -0.4 is 10.6 Å². The van der Waals surface area contributed by atoms with Crippen molar-refractivity contribution in [3.05, 3.63) is 81.9 Å². The minimum Gasteiger partial charge on any atom is -0.317 e. The first-order valence-corrected chi connectivity index (χ1v) is 11.7. The van der Waals surface area contributed by atoms with Crippen molar-refractivity contribution in [3.8, 4) is 0 Å². The van der Waals surface area contributed by atoms with Crippen LogP contribution in [0.5, 0.6) is 0 Å². The number of amides is 4. The van der Waals surface area contributed by atoms with Gasteiger partial charge in [-0.1, -0.05) is 42.5 Å². The minimum atomic E-state index is -0.860. The molecule has 9 nitrogen and oxygen atoms in total. The van der Waals surface area contributed by atoms with Crippen molar-refractivity contribution in [1.29, 1.82) is 0 Å². The standard InChI is InChI=1S/C26H26N4O5/c1-15-13-19(30(34)35)11-12-20(15)27-26(33)28-21(14-16-5-3-2-4-6-16)29-24(31)22-17-7-8-18(10-9-17)23(22)25(29)32/h2-8,11-13,17-18,21-23H,9-10,14H2,1H3,(H2,27,28,33). The average molecular weight is 475 g/mol. The first-order valence-electron chi connectivity index (χ1n) is 11.7. The number of nitro groups is 1. The van der Waals surface area contributed by atoms with Gasteiger partial charge in [-0.15, -0.1) is 0 Å². The van der Waals surface area contributed by atoms with Gasteiger partial charge in [0.25, 0.3) is 5.69 Å². The Morgan fingerprint density at radius 1 is 1.06 bits per heavy atom. The highest BCUT2D eigenvalue weighted by molar-refractivity contribution is 6.06. The Balaban J connectivity index is 1.39. The molecule has 5 atom stereocenters. The van der Waals surface area contributed by atoms with E-state index in [1.54, 1.807) is 6.92 Å². The lowest BCUT2D eigenvalue weighted by atomic mass is 9.63. The zero-order valence-corrected chi connectivity index (χ0v) is 19.2. The molecule has 9 heteroatoms. The molecule has 5 unspecified atom stereocenters. The minimum absolute atomic E-state index is 0.0559. The number of non-ortho nitro benzene ring substituents is 1. The second-order valence-corrected chi connectivity index (χ2v) is 9.45. The summed E-state index contributed by atoms with van der Waals surface area (Å²) in [5.74, 6) is -1.09. The van der Waals surface area contributed by atoms with Crippen LogP contribution in [0.2, 0.25) is 0 Å². The van der Waals surface area contributed by atoms with Crippen molar-refractivity contribution in [2.24, 2.45) is 23.7 Å². The number of fused-ring (bicyclic) bond motifs is 1. The van der Waals surface area contributed by atoms with Crippen molar-refractivity contribution in [1.82, 2.24) is 10.2 Å². The second-order valence-electron chi connectivity index (χ2n) is 9.45. The second kappa shape index (κ2) is 8.98. The van der Waals surface area contributed by atoms with Gasteiger partial charge in [0.15, 0.2) is 0 Å². The Morgan fingerprint density at radius 3 is 2.23 bits per heavy atom. The maximum Gasteiger partial charge on any atom is 0.320 e. The topological polar surface area (TPSA) is 122 Å². The Bertz CT molecular complexity index is 1200. The number of urea groups is 1. The van der Waals surface area contributed by atoms with Crippen LogP contribution in [-0.4, -0.2) is 33.8 Å². The predicted octanol–water partition coefficient (Wildman–Crippen LogP) is 3.79. The van der Waals surface area contributed by atoms with Crippen molar-refractivity contribution >= 4 is 29.2 Å². The van der Waals surface area contributed by atoms with Gasteiger partial charge in [-0.3, -0.25) is 24.6 Å². The molecule has 1 aliphatic heterocycles. The van der Waals surface area contributed by atoms with Crippen molar-refractivity contribution in [3.63, 3.8) is 0 Å². The number of rotatable bonds is 6. The van der Waals surface area contributed by atoms with E-state index >= 15 is 0 Å². The van der Waals surface area contributed by atoms with Crippen LogP contribution in [-0.2, 0) is 16.0 Å². The summed E-state index contributed by atoms with van der Waals surface area (Å²) < 4.78 is 0. The van der Waals surface area contributed by atoms with Gasteiger partial charge in [0.1, 0.15) is 6.17 Å². The van der Waals surface area contributed by atoms with Crippen LogP contribution in [0.3, 0.4) is 0 Å². The number of anilines is 1. The predicted molar refractivity (Wildman–Crippen MR) is 128 cm³/mol. The smallest absolute Gasteiger partial charge is 0.317 e. The molecule has 2 aromatic rings. The summed E-state index contributed by atoms with van der Waals surface area (Å²) in [7, 11) is 0. The number of carbonyl (C=O) groups is 3. The Morgan fingerprint density at radius 2 is 1.69 bits per heavy atom. The van der Waals surface area contributed by atoms with E-state index in [4.69, 9.17) is 0 Å². The highest BCUT2D eigenvalue weighted by atomic mass is 16.6. The third kappa shape index (κ3) is 4.18. The normalized spacial score (nSPS) is 25.3. The quantitative estimate of drug-likeness (QED) is 0.286. The number of allylic oxidation sites excluding steroid dienone is 2. The molecule has 1 saturated carbocycles. The summed E-state index contributed by atoms with van der Waals surface area (Å²) in [6, 6.07) is 12.9. The van der Waals surface area contributed by atoms with E-state index in [0.29, 0.717) is 11.3 Å². The molecule has 0 aromatic heterocycles. The van der Waals surface area contributed by atoms with E-state index in [2.05, 4.69) is 22.8 Å². The highest BCUT2D eigenvalue weighted by Gasteiger charge is 2.58. The largest absolute Gasteiger partial charge is 0.320 e. The molecule has 3 aliphatic carbocycles. The number of hydrogen-bond donors (Lipinski definition) is 2. The first kappa shape index (κ1) is 22.8. The van der Waals surface area contributed by atoms with E-state index in [-0.39, 0.29) is 47.6 Å².